The first-order valence-corrected chi connectivity index (χ1v) is 26.2. The van der Waals surface area contributed by atoms with Crippen molar-refractivity contribution >= 4 is 29.8 Å². The third-order valence-electron chi connectivity index (χ3n) is 15.4. The zero-order valence-electron chi connectivity index (χ0n) is 47.4. The smallest absolute Gasteiger partial charge is 0.311 e. The van der Waals surface area contributed by atoms with Crippen LogP contribution in [-0.2, 0) is 80.8 Å². The molecule has 4 saturated heterocycles. The van der Waals surface area contributed by atoms with E-state index >= 15 is 0 Å². The number of carbonyl (C=O) groups excluding carboxylic acids is 5. The van der Waals surface area contributed by atoms with Gasteiger partial charge in [-0.3, -0.25) is 24.0 Å². The van der Waals surface area contributed by atoms with Crippen molar-refractivity contribution in [2.75, 3.05) is 41.4 Å². The van der Waals surface area contributed by atoms with Crippen molar-refractivity contribution in [1.82, 2.24) is 9.80 Å². The summed E-state index contributed by atoms with van der Waals surface area (Å²) in [6.45, 7) is 21.3. The van der Waals surface area contributed by atoms with E-state index in [-0.39, 0.29) is 25.2 Å². The van der Waals surface area contributed by atoms with E-state index in [2.05, 4.69) is 0 Å². The van der Waals surface area contributed by atoms with Gasteiger partial charge in [0, 0.05) is 65.8 Å². The molecule has 4 aliphatic heterocycles. The summed E-state index contributed by atoms with van der Waals surface area (Å²) in [5, 5.41) is 48.0. The Morgan fingerprint density at radius 2 is 1.32 bits per heavy atom. The first kappa shape index (κ1) is 64.4. The van der Waals surface area contributed by atoms with Crippen LogP contribution in [0.15, 0.2) is 0 Å². The van der Waals surface area contributed by atoms with Gasteiger partial charge in [0.05, 0.1) is 41.5 Å². The fourth-order valence-corrected chi connectivity index (χ4v) is 11.3. The van der Waals surface area contributed by atoms with Crippen LogP contribution >= 0.6 is 0 Å². The first-order valence-electron chi connectivity index (χ1n) is 26.2. The average Bonchev–Trinajstić information content (AvgIpc) is 3.30. The van der Waals surface area contributed by atoms with Crippen LogP contribution < -0.4 is 0 Å². The number of cyclic esters (lactones) is 1. The number of carbonyl (C=O) groups is 5. The molecule has 4 N–H and O–H groups in total. The van der Waals surface area contributed by atoms with Crippen molar-refractivity contribution in [2.45, 2.75) is 244 Å². The summed E-state index contributed by atoms with van der Waals surface area (Å²) in [7, 11) is 6.85. The van der Waals surface area contributed by atoms with Gasteiger partial charge >= 0.3 is 29.8 Å². The van der Waals surface area contributed by atoms with Crippen LogP contribution in [0.2, 0.25) is 0 Å². The highest BCUT2D eigenvalue weighted by Crippen LogP contribution is 2.42. The molecule has 23 nitrogen and oxygen atoms in total. The van der Waals surface area contributed by atoms with Crippen LogP contribution in [0.25, 0.3) is 0 Å². The Labute approximate surface area is 442 Å². The van der Waals surface area contributed by atoms with Gasteiger partial charge in [-0.15, -0.1) is 0 Å². The standard InChI is InChI=1S/C52H90N2O21/c1-19-37-52(14,63)44(59)29(6)54(17)23-25(2)21-50(12,62)46(27(4)39(28(5)47(61)72-37)73-38-22-51(13,64-18)45(60)30(7)67-38)75-48-40(35(53(15)16)20-26(3)66-48)74-49-43(70-34(11)58)42(69-33(10)57)41(68-32(9)56)36(71-49)24-65-31(8)55/h25-30,35-46,48-49,59-60,62-63H,19-24H2,1-18H3/t25-,26-,27+,28-,29-,30+,35?,36-,37-,38+,39+,40-,41-,42+,43-,44-,45+,46-,48+,49?,50-,51-,52-/m1/s1. The Bertz CT molecular complexity index is 1910. The molecule has 0 saturated carbocycles. The molecular weight excluding hydrogens is 989 g/mol. The molecule has 0 bridgehead atoms. The number of aliphatic hydroxyl groups is 4. The fraction of sp³-hybridized carbons (Fsp3) is 0.904. The van der Waals surface area contributed by atoms with Gasteiger partial charge in [-0.2, -0.15) is 0 Å². The lowest BCUT2D eigenvalue weighted by Gasteiger charge is -2.51. The highest BCUT2D eigenvalue weighted by molar-refractivity contribution is 5.73. The number of nitrogens with zero attached hydrogens (tertiary/aromatic N) is 2. The Kier molecular flexibility index (Phi) is 22.9. The number of hydrogen-bond donors (Lipinski definition) is 4. The van der Waals surface area contributed by atoms with Gasteiger partial charge < -0.3 is 87.1 Å². The van der Waals surface area contributed by atoms with Crippen LogP contribution in [0.3, 0.4) is 0 Å². The van der Waals surface area contributed by atoms with Crippen molar-refractivity contribution in [3.8, 4) is 0 Å². The quantitative estimate of drug-likeness (QED) is 0.143. The summed E-state index contributed by atoms with van der Waals surface area (Å²) in [5.41, 5.74) is -4.87. The van der Waals surface area contributed by atoms with Crippen LogP contribution in [-0.4, -0.2) is 222 Å². The van der Waals surface area contributed by atoms with E-state index in [0.717, 1.165) is 27.7 Å². The van der Waals surface area contributed by atoms with Crippen molar-refractivity contribution in [2.24, 2.45) is 17.8 Å². The van der Waals surface area contributed by atoms with E-state index in [1.165, 1.54) is 14.0 Å². The summed E-state index contributed by atoms with van der Waals surface area (Å²) >= 11 is 0. The number of ether oxygens (including phenoxy) is 12. The number of likely N-dealkylation sites (N-methyl/N-ethyl adjacent to an activating group) is 2. The Hall–Kier alpha value is -3.17. The third-order valence-corrected chi connectivity index (χ3v) is 15.4. The van der Waals surface area contributed by atoms with Crippen LogP contribution in [0.5, 0.6) is 0 Å². The third kappa shape index (κ3) is 16.0. The molecule has 0 aliphatic carbocycles. The Morgan fingerprint density at radius 1 is 0.747 bits per heavy atom. The predicted octanol–water partition coefficient (Wildman–Crippen LogP) is 2.01. The highest BCUT2D eigenvalue weighted by Gasteiger charge is 2.57. The minimum atomic E-state index is -1.91. The summed E-state index contributed by atoms with van der Waals surface area (Å²) in [4.78, 5) is 68.8. The number of rotatable bonds is 14. The largest absolute Gasteiger partial charge is 0.463 e. The van der Waals surface area contributed by atoms with E-state index in [0.29, 0.717) is 13.0 Å². The maximum atomic E-state index is 14.7. The molecule has 0 aromatic rings. The number of methoxy groups -OCH3 is 1. The molecule has 75 heavy (non-hydrogen) atoms. The molecule has 23 heteroatoms. The van der Waals surface area contributed by atoms with Gasteiger partial charge in [-0.05, 0) is 94.8 Å². The second-order valence-corrected chi connectivity index (χ2v) is 22.3. The average molecular weight is 1080 g/mol. The molecule has 2 unspecified atom stereocenters. The molecular formula is C52H90N2O21. The van der Waals surface area contributed by atoms with Crippen molar-refractivity contribution in [3.63, 3.8) is 0 Å². The minimum Gasteiger partial charge on any atom is -0.463 e. The zero-order valence-corrected chi connectivity index (χ0v) is 47.4. The van der Waals surface area contributed by atoms with Crippen LogP contribution in [0, 0.1) is 17.8 Å². The summed E-state index contributed by atoms with van der Waals surface area (Å²) < 4.78 is 74.6. The molecule has 4 rings (SSSR count). The molecule has 4 heterocycles. The maximum Gasteiger partial charge on any atom is 0.311 e. The van der Waals surface area contributed by atoms with Crippen molar-refractivity contribution in [3.05, 3.63) is 0 Å². The van der Waals surface area contributed by atoms with Crippen LogP contribution in [0.4, 0.5) is 0 Å². The molecule has 0 amide bonds. The zero-order chi connectivity index (χ0) is 56.8. The van der Waals surface area contributed by atoms with Crippen molar-refractivity contribution in [1.29, 1.82) is 0 Å². The van der Waals surface area contributed by atoms with E-state index in [4.69, 9.17) is 56.8 Å². The van der Waals surface area contributed by atoms with Gasteiger partial charge in [0.25, 0.3) is 0 Å². The molecule has 0 radical (unpaired) electrons. The fourth-order valence-electron chi connectivity index (χ4n) is 11.3. The monoisotopic (exact) mass is 1080 g/mol. The molecule has 4 fully saturated rings. The minimum absolute atomic E-state index is 0.0152. The molecule has 0 spiro atoms. The first-order chi connectivity index (χ1) is 34.7. The predicted molar refractivity (Wildman–Crippen MR) is 265 cm³/mol. The number of hydrogen-bond acceptors (Lipinski definition) is 23. The maximum absolute atomic E-state index is 14.7. The van der Waals surface area contributed by atoms with E-state index in [1.807, 2.05) is 23.6 Å². The highest BCUT2D eigenvalue weighted by atomic mass is 16.8. The van der Waals surface area contributed by atoms with Gasteiger partial charge in [0.1, 0.15) is 42.7 Å². The number of aliphatic hydroxyl groups excluding tert-OH is 2. The van der Waals surface area contributed by atoms with Gasteiger partial charge in [-0.1, -0.05) is 20.8 Å². The van der Waals surface area contributed by atoms with E-state index < -0.39 is 169 Å². The molecule has 4 aliphatic rings. The van der Waals surface area contributed by atoms with Gasteiger partial charge in [-0.25, -0.2) is 0 Å². The lowest BCUT2D eigenvalue weighted by molar-refractivity contribution is -0.363. The molecule has 434 valence electrons. The lowest BCUT2D eigenvalue weighted by atomic mass is 9.77. The molecule has 0 aromatic carbocycles. The molecule has 23 atom stereocenters. The molecule has 0 aromatic heterocycles. The summed E-state index contributed by atoms with van der Waals surface area (Å²) in [6, 6.07) is -1.24. The lowest BCUT2D eigenvalue weighted by Crippen LogP contribution is -2.66. The SMILES string of the molecule is CC[C@H]1OC(=O)[C@H](C)[C@@H](O[C@H]2C[C@@](C)(OC)[C@@H](O)[C@H](C)O2)[C@H](C)[C@@H](O[C@@H]2O[C@H](C)CC(N(C)C)[C@H]2OC2O[C@H](COC(C)=O)[C@@H](OC(C)=O)[C@H](OC(C)=O)[C@H]2OC(C)=O)[C@](C)(O)C[C@@H](C)CN(C)[C@H](C)[C@@H](O)[C@]1(C)O. The summed E-state index contributed by atoms with van der Waals surface area (Å²) in [6.07, 6.45) is -18.2. The van der Waals surface area contributed by atoms with E-state index in [1.54, 1.807) is 69.6 Å². The topological polar surface area (TPSA) is 284 Å². The number of esters is 5. The van der Waals surface area contributed by atoms with Gasteiger partial charge in [0.2, 0.25) is 0 Å². The van der Waals surface area contributed by atoms with Crippen molar-refractivity contribution < 1.29 is 101 Å². The second kappa shape index (κ2) is 26.7. The normalized spacial score (nSPS) is 43.9. The van der Waals surface area contributed by atoms with E-state index in [9.17, 15) is 44.4 Å². The summed E-state index contributed by atoms with van der Waals surface area (Å²) in [5.74, 6) is -6.47. The Morgan fingerprint density at radius 3 is 1.87 bits per heavy atom. The second-order valence-electron chi connectivity index (χ2n) is 22.3. The van der Waals surface area contributed by atoms with Gasteiger partial charge in [0.15, 0.2) is 37.2 Å². The Balaban J connectivity index is 1.95. The van der Waals surface area contributed by atoms with Crippen LogP contribution in [0.1, 0.15) is 123 Å².